The number of rotatable bonds is 7. The minimum Gasteiger partial charge on any atom is -0.354 e. The van der Waals surface area contributed by atoms with Crippen LogP contribution in [0.1, 0.15) is 30.9 Å². The summed E-state index contributed by atoms with van der Waals surface area (Å²) in [7, 11) is 1.76. The summed E-state index contributed by atoms with van der Waals surface area (Å²) in [6.07, 6.45) is 3.75. The quantitative estimate of drug-likeness (QED) is 0.684. The van der Waals surface area contributed by atoms with Crippen molar-refractivity contribution in [1.29, 1.82) is 0 Å². The van der Waals surface area contributed by atoms with Crippen LogP contribution in [-0.2, 0) is 13.6 Å². The molecule has 0 spiro atoms. The van der Waals surface area contributed by atoms with Gasteiger partial charge < -0.3 is 20.2 Å². The number of aryl methyl sites for hydroxylation is 2. The number of nitrogens with one attached hydrogen (secondary N) is 1. The van der Waals surface area contributed by atoms with Crippen LogP contribution >= 0.6 is 0 Å². The van der Waals surface area contributed by atoms with E-state index >= 15 is 0 Å². The van der Waals surface area contributed by atoms with Gasteiger partial charge in [0.05, 0.1) is 12.1 Å². The molecule has 0 unspecified atom stereocenters. The number of aromatic nitrogens is 3. The van der Waals surface area contributed by atoms with E-state index in [9.17, 15) is 4.79 Å². The fraction of sp³-hybridized carbons (Fsp3) is 0.400. The largest absolute Gasteiger partial charge is 0.354 e. The van der Waals surface area contributed by atoms with E-state index in [1.807, 2.05) is 22.8 Å². The number of fused-ring (bicyclic) bond motifs is 1. The molecule has 0 aliphatic heterocycles. The molecule has 0 radical (unpaired) electrons. The van der Waals surface area contributed by atoms with Crippen LogP contribution in [0.2, 0.25) is 0 Å². The summed E-state index contributed by atoms with van der Waals surface area (Å²) < 4.78 is 3.56. The van der Waals surface area contributed by atoms with Crippen molar-refractivity contribution in [2.24, 2.45) is 12.8 Å². The fourth-order valence-corrected chi connectivity index (χ4v) is 3.17. The van der Waals surface area contributed by atoms with E-state index < -0.39 is 0 Å². The second-order valence-electron chi connectivity index (χ2n) is 6.84. The van der Waals surface area contributed by atoms with Gasteiger partial charge in [-0.25, -0.2) is 4.98 Å². The molecule has 0 saturated heterocycles. The first-order valence-corrected chi connectivity index (χ1v) is 9.11. The first-order valence-electron chi connectivity index (χ1n) is 9.11. The van der Waals surface area contributed by atoms with E-state index in [2.05, 4.69) is 36.3 Å². The topological polar surface area (TPSA) is 77.9 Å². The van der Waals surface area contributed by atoms with Crippen LogP contribution in [0.15, 0.2) is 41.3 Å². The van der Waals surface area contributed by atoms with Crippen LogP contribution in [0, 0.1) is 6.92 Å². The van der Waals surface area contributed by atoms with Crippen LogP contribution in [0.4, 0.5) is 5.95 Å². The summed E-state index contributed by atoms with van der Waals surface area (Å²) in [5.41, 5.74) is 9.77. The second kappa shape index (κ2) is 7.74. The first-order chi connectivity index (χ1) is 12.5. The van der Waals surface area contributed by atoms with Gasteiger partial charge in [-0.2, -0.15) is 0 Å². The molecule has 3 aromatic rings. The maximum absolute atomic E-state index is 12.7. The Hall–Kier alpha value is -2.60. The van der Waals surface area contributed by atoms with Crippen LogP contribution in [-0.4, -0.2) is 26.7 Å². The summed E-state index contributed by atoms with van der Waals surface area (Å²) in [4.78, 5) is 17.4. The molecule has 0 aliphatic rings. The highest BCUT2D eigenvalue weighted by atomic mass is 16.1. The average molecular weight is 353 g/mol. The molecule has 138 valence electrons. The Kier molecular flexibility index (Phi) is 5.42. The highest BCUT2D eigenvalue weighted by molar-refractivity contribution is 5.77. The van der Waals surface area contributed by atoms with Gasteiger partial charge in [-0.1, -0.05) is 37.6 Å². The van der Waals surface area contributed by atoms with Crippen molar-refractivity contribution in [2.45, 2.75) is 39.3 Å². The molecule has 2 heterocycles. The molecule has 1 aromatic carbocycles. The molecule has 26 heavy (non-hydrogen) atoms. The predicted octanol–water partition coefficient (Wildman–Crippen LogP) is 2.63. The third-order valence-corrected chi connectivity index (χ3v) is 4.75. The molecular formula is C20H27N5O. The summed E-state index contributed by atoms with van der Waals surface area (Å²) in [5.74, 6) is 0.693. The Morgan fingerprint density at radius 3 is 2.77 bits per heavy atom. The third kappa shape index (κ3) is 3.65. The number of benzene rings is 1. The van der Waals surface area contributed by atoms with Gasteiger partial charge in [-0.3, -0.25) is 4.79 Å². The summed E-state index contributed by atoms with van der Waals surface area (Å²) >= 11 is 0. The fourth-order valence-electron chi connectivity index (χ4n) is 3.17. The zero-order valence-corrected chi connectivity index (χ0v) is 15.7. The highest BCUT2D eigenvalue weighted by Gasteiger charge is 2.16. The minimum atomic E-state index is -0.0468. The van der Waals surface area contributed by atoms with Crippen LogP contribution in [0.3, 0.4) is 0 Å². The number of hydrogen-bond donors (Lipinski definition) is 2. The van der Waals surface area contributed by atoms with Gasteiger partial charge in [0.15, 0.2) is 0 Å². The SMILES string of the molecule is CCC[C@@H](N)CNc1nc2ccn(C)c(=O)c2n1Cc1ccccc1C. The van der Waals surface area contributed by atoms with Gasteiger partial charge in [0, 0.05) is 25.8 Å². The Balaban J connectivity index is 2.04. The highest BCUT2D eigenvalue weighted by Crippen LogP contribution is 2.20. The number of pyridine rings is 1. The van der Waals surface area contributed by atoms with E-state index in [4.69, 9.17) is 5.73 Å². The van der Waals surface area contributed by atoms with Crippen molar-refractivity contribution in [3.05, 3.63) is 58.0 Å². The summed E-state index contributed by atoms with van der Waals surface area (Å²) in [6, 6.07) is 10.1. The van der Waals surface area contributed by atoms with E-state index in [1.54, 1.807) is 17.8 Å². The smallest absolute Gasteiger partial charge is 0.276 e. The van der Waals surface area contributed by atoms with Crippen molar-refractivity contribution in [2.75, 3.05) is 11.9 Å². The van der Waals surface area contributed by atoms with Gasteiger partial charge in [-0.05, 0) is 30.5 Å². The van der Waals surface area contributed by atoms with Gasteiger partial charge >= 0.3 is 0 Å². The molecule has 3 N–H and O–H groups in total. The van der Waals surface area contributed by atoms with Crippen LogP contribution in [0.5, 0.6) is 0 Å². The lowest BCUT2D eigenvalue weighted by atomic mass is 10.1. The average Bonchev–Trinajstić information content (AvgIpc) is 2.97. The molecule has 3 rings (SSSR count). The first kappa shape index (κ1) is 18.2. The molecule has 0 bridgehead atoms. The Morgan fingerprint density at radius 1 is 1.27 bits per heavy atom. The monoisotopic (exact) mass is 353 g/mol. The molecule has 0 aliphatic carbocycles. The second-order valence-corrected chi connectivity index (χ2v) is 6.84. The molecule has 0 amide bonds. The van der Waals surface area contributed by atoms with Crippen LogP contribution < -0.4 is 16.6 Å². The van der Waals surface area contributed by atoms with Crippen molar-refractivity contribution < 1.29 is 0 Å². The van der Waals surface area contributed by atoms with Gasteiger partial charge in [0.1, 0.15) is 5.52 Å². The minimum absolute atomic E-state index is 0.0468. The van der Waals surface area contributed by atoms with E-state index in [1.165, 1.54) is 11.1 Å². The van der Waals surface area contributed by atoms with Gasteiger partial charge in [0.25, 0.3) is 5.56 Å². The molecule has 6 nitrogen and oxygen atoms in total. The number of nitrogens with two attached hydrogens (primary N) is 1. The predicted molar refractivity (Wildman–Crippen MR) is 107 cm³/mol. The van der Waals surface area contributed by atoms with Crippen molar-refractivity contribution in [1.82, 2.24) is 14.1 Å². The normalized spacial score (nSPS) is 12.5. The third-order valence-electron chi connectivity index (χ3n) is 4.75. The Labute approximate surface area is 153 Å². The lowest BCUT2D eigenvalue weighted by Crippen LogP contribution is -2.29. The van der Waals surface area contributed by atoms with E-state index in [0.29, 0.717) is 30.1 Å². The maximum atomic E-state index is 12.7. The zero-order chi connectivity index (χ0) is 18.7. The lowest BCUT2D eigenvalue weighted by molar-refractivity contribution is 0.622. The van der Waals surface area contributed by atoms with Gasteiger partial charge in [-0.15, -0.1) is 0 Å². The molecule has 1 atom stereocenters. The number of nitrogens with zero attached hydrogens (tertiary/aromatic N) is 3. The van der Waals surface area contributed by atoms with Crippen molar-refractivity contribution >= 4 is 17.0 Å². The van der Waals surface area contributed by atoms with E-state index in [0.717, 1.165) is 12.8 Å². The molecule has 0 saturated carbocycles. The van der Waals surface area contributed by atoms with Crippen LogP contribution in [0.25, 0.3) is 11.0 Å². The Bertz CT molecular complexity index is 956. The molecule has 6 heteroatoms. The number of anilines is 1. The number of hydrogen-bond acceptors (Lipinski definition) is 4. The Morgan fingerprint density at radius 2 is 2.04 bits per heavy atom. The number of imidazole rings is 1. The molecular weight excluding hydrogens is 326 g/mol. The van der Waals surface area contributed by atoms with E-state index in [-0.39, 0.29) is 11.6 Å². The summed E-state index contributed by atoms with van der Waals surface area (Å²) in [6.45, 7) is 5.42. The lowest BCUT2D eigenvalue weighted by Gasteiger charge is -2.15. The standard InChI is InChI=1S/C20H27N5O/c1-4-7-16(21)12-22-20-23-17-10-11-24(3)19(26)18(17)25(20)13-15-9-6-5-8-14(15)2/h5-6,8-11,16H,4,7,12-13,21H2,1-3H3,(H,22,23)/t16-/m1/s1. The maximum Gasteiger partial charge on any atom is 0.276 e. The van der Waals surface area contributed by atoms with Crippen molar-refractivity contribution in [3.63, 3.8) is 0 Å². The molecule has 0 fully saturated rings. The summed E-state index contributed by atoms with van der Waals surface area (Å²) in [5, 5.41) is 3.35. The molecule has 2 aromatic heterocycles. The van der Waals surface area contributed by atoms with Gasteiger partial charge in [0.2, 0.25) is 5.95 Å². The zero-order valence-electron chi connectivity index (χ0n) is 15.7. The van der Waals surface area contributed by atoms with Crippen molar-refractivity contribution in [3.8, 4) is 0 Å².